The summed E-state index contributed by atoms with van der Waals surface area (Å²) in [5.74, 6) is -0.539. The summed E-state index contributed by atoms with van der Waals surface area (Å²) < 4.78 is 13.1. The Morgan fingerprint density at radius 2 is 2.30 bits per heavy atom. The Balaban J connectivity index is 2.04. The molecule has 1 N–H and O–H groups in total. The van der Waals surface area contributed by atoms with Gasteiger partial charge in [-0.2, -0.15) is 5.10 Å². The number of rotatable bonds is 4. The Bertz CT molecular complexity index is 542. The van der Waals surface area contributed by atoms with Gasteiger partial charge in [0.15, 0.2) is 5.79 Å². The van der Waals surface area contributed by atoms with E-state index in [1.807, 2.05) is 27.7 Å². The van der Waals surface area contributed by atoms with Gasteiger partial charge >= 0.3 is 0 Å². The molecule has 7 heteroatoms. The van der Waals surface area contributed by atoms with Crippen LogP contribution in [0.5, 0.6) is 0 Å². The first-order chi connectivity index (χ1) is 9.30. The molecule has 6 nitrogen and oxygen atoms in total. The van der Waals surface area contributed by atoms with Crippen LogP contribution in [0.3, 0.4) is 0 Å². The zero-order chi connectivity index (χ0) is 14.9. The molecular formula is C13H20BrN3O3. The number of hydrogen-bond donors (Lipinski definition) is 1. The highest BCUT2D eigenvalue weighted by Gasteiger charge is 2.32. The second-order valence-electron chi connectivity index (χ2n) is 5.55. The van der Waals surface area contributed by atoms with Crippen molar-refractivity contribution in [3.63, 3.8) is 0 Å². The lowest BCUT2D eigenvalue weighted by Gasteiger charge is -2.18. The minimum Gasteiger partial charge on any atom is -0.380 e. The molecule has 1 atom stereocenters. The number of anilines is 1. The molecule has 1 aliphatic rings. The largest absolute Gasteiger partial charge is 0.380 e. The quantitative estimate of drug-likeness (QED) is 0.905. The fraction of sp³-hybridized carbons (Fsp3) is 0.692. The molecule has 0 saturated carbocycles. The molecule has 1 saturated heterocycles. The van der Waals surface area contributed by atoms with Gasteiger partial charge in [-0.1, -0.05) is 0 Å². The van der Waals surface area contributed by atoms with E-state index in [4.69, 9.17) is 9.47 Å². The van der Waals surface area contributed by atoms with Gasteiger partial charge in [0.05, 0.1) is 24.5 Å². The molecule has 1 unspecified atom stereocenters. The van der Waals surface area contributed by atoms with E-state index in [1.165, 1.54) is 4.68 Å². The van der Waals surface area contributed by atoms with Crippen molar-refractivity contribution in [3.05, 3.63) is 21.0 Å². The maximum atomic E-state index is 12.1. The Morgan fingerprint density at radius 1 is 1.60 bits per heavy atom. The van der Waals surface area contributed by atoms with Gasteiger partial charge < -0.3 is 14.8 Å². The molecule has 1 aromatic rings. The van der Waals surface area contributed by atoms with Crippen LogP contribution in [0.4, 0.5) is 5.69 Å². The van der Waals surface area contributed by atoms with Crippen LogP contribution >= 0.6 is 15.9 Å². The molecule has 1 aromatic heterocycles. The zero-order valence-electron chi connectivity index (χ0n) is 12.1. The highest BCUT2D eigenvalue weighted by Crippen LogP contribution is 2.23. The molecule has 2 heterocycles. The fourth-order valence-electron chi connectivity index (χ4n) is 2.02. The zero-order valence-corrected chi connectivity index (χ0v) is 13.7. The average Bonchev–Trinajstić information content (AvgIpc) is 2.70. The van der Waals surface area contributed by atoms with E-state index in [0.29, 0.717) is 23.3 Å². The molecule has 0 amide bonds. The van der Waals surface area contributed by atoms with Gasteiger partial charge in [0.25, 0.3) is 5.56 Å². The number of hydrogen-bond acceptors (Lipinski definition) is 5. The first-order valence-corrected chi connectivity index (χ1v) is 7.42. The van der Waals surface area contributed by atoms with Crippen molar-refractivity contribution < 1.29 is 9.47 Å². The molecule has 0 aromatic carbocycles. The van der Waals surface area contributed by atoms with E-state index < -0.39 is 5.79 Å². The van der Waals surface area contributed by atoms with Crippen molar-refractivity contribution in [2.75, 3.05) is 18.5 Å². The van der Waals surface area contributed by atoms with Crippen LogP contribution in [0.1, 0.15) is 33.7 Å². The van der Waals surface area contributed by atoms with Crippen molar-refractivity contribution in [1.29, 1.82) is 0 Å². The van der Waals surface area contributed by atoms with Gasteiger partial charge in [-0.3, -0.25) is 4.79 Å². The second kappa shape index (κ2) is 5.83. The van der Waals surface area contributed by atoms with Crippen molar-refractivity contribution in [1.82, 2.24) is 9.78 Å². The van der Waals surface area contributed by atoms with Crippen molar-refractivity contribution >= 4 is 21.6 Å². The maximum Gasteiger partial charge on any atom is 0.283 e. The van der Waals surface area contributed by atoms with Crippen LogP contribution in [0.15, 0.2) is 15.5 Å². The molecule has 1 aliphatic heterocycles. The third kappa shape index (κ3) is 3.39. The number of nitrogens with one attached hydrogen (secondary N) is 1. The first kappa shape index (κ1) is 15.5. The first-order valence-electron chi connectivity index (χ1n) is 6.63. The number of halogens is 1. The van der Waals surface area contributed by atoms with Crippen LogP contribution in [-0.2, 0) is 9.47 Å². The van der Waals surface area contributed by atoms with E-state index in [0.717, 1.165) is 0 Å². The molecule has 0 radical (unpaired) electrons. The van der Waals surface area contributed by atoms with E-state index in [9.17, 15) is 4.79 Å². The number of aromatic nitrogens is 2. The highest BCUT2D eigenvalue weighted by atomic mass is 79.9. The summed E-state index contributed by atoms with van der Waals surface area (Å²) in [6.45, 7) is 8.70. The smallest absolute Gasteiger partial charge is 0.283 e. The van der Waals surface area contributed by atoms with Crippen molar-refractivity contribution in [3.8, 4) is 0 Å². The summed E-state index contributed by atoms with van der Waals surface area (Å²) in [6.07, 6.45) is 1.61. The molecular weight excluding hydrogens is 326 g/mol. The standard InChI is InChI=1S/C13H20BrN3O3/c1-8(2)17-12(18)11(14)10(6-16-17)15-5-9-7-19-13(3,4)20-9/h6,8-9,15H,5,7H2,1-4H3. The summed E-state index contributed by atoms with van der Waals surface area (Å²) in [7, 11) is 0. The second-order valence-corrected chi connectivity index (χ2v) is 6.34. The summed E-state index contributed by atoms with van der Waals surface area (Å²) in [5.41, 5.74) is 0.522. The average molecular weight is 346 g/mol. The molecule has 0 spiro atoms. The predicted octanol–water partition coefficient (Wildman–Crippen LogP) is 2.15. The fourth-order valence-corrected chi connectivity index (χ4v) is 2.45. The third-order valence-corrected chi connectivity index (χ3v) is 3.79. The van der Waals surface area contributed by atoms with E-state index in [-0.39, 0.29) is 17.7 Å². The lowest BCUT2D eigenvalue weighted by atomic mass is 10.3. The molecule has 20 heavy (non-hydrogen) atoms. The lowest BCUT2D eigenvalue weighted by Crippen LogP contribution is -2.29. The van der Waals surface area contributed by atoms with E-state index in [1.54, 1.807) is 6.20 Å². The molecule has 1 fully saturated rings. The Hall–Kier alpha value is -0.920. The molecule has 0 aliphatic carbocycles. The Morgan fingerprint density at radius 3 is 2.85 bits per heavy atom. The van der Waals surface area contributed by atoms with Gasteiger partial charge in [0.1, 0.15) is 10.6 Å². The van der Waals surface area contributed by atoms with Gasteiger partial charge in [0.2, 0.25) is 0 Å². The van der Waals surface area contributed by atoms with Crippen LogP contribution in [0.2, 0.25) is 0 Å². The number of nitrogens with zero attached hydrogens (tertiary/aromatic N) is 2. The number of ether oxygens (including phenoxy) is 2. The van der Waals surface area contributed by atoms with Gasteiger partial charge in [-0.25, -0.2) is 4.68 Å². The van der Waals surface area contributed by atoms with E-state index in [2.05, 4.69) is 26.3 Å². The van der Waals surface area contributed by atoms with Crippen LogP contribution in [-0.4, -0.2) is 34.8 Å². The lowest BCUT2D eigenvalue weighted by molar-refractivity contribution is -0.136. The molecule has 2 rings (SSSR count). The summed E-state index contributed by atoms with van der Waals surface area (Å²) >= 11 is 3.32. The molecule has 112 valence electrons. The summed E-state index contributed by atoms with van der Waals surface area (Å²) in [6, 6.07) is 0.0280. The predicted molar refractivity (Wildman–Crippen MR) is 80.0 cm³/mol. The minimum atomic E-state index is -0.539. The SMILES string of the molecule is CC(C)n1ncc(NCC2COC(C)(C)O2)c(Br)c1=O. The van der Waals surface area contributed by atoms with Gasteiger partial charge in [-0.05, 0) is 43.6 Å². The van der Waals surface area contributed by atoms with Crippen molar-refractivity contribution in [2.45, 2.75) is 45.6 Å². The van der Waals surface area contributed by atoms with E-state index >= 15 is 0 Å². The molecule has 0 bridgehead atoms. The third-order valence-electron chi connectivity index (χ3n) is 3.02. The van der Waals surface area contributed by atoms with Crippen LogP contribution in [0.25, 0.3) is 0 Å². The van der Waals surface area contributed by atoms with Gasteiger partial charge in [0, 0.05) is 6.54 Å². The van der Waals surface area contributed by atoms with Crippen molar-refractivity contribution in [2.24, 2.45) is 0 Å². The maximum absolute atomic E-state index is 12.1. The van der Waals surface area contributed by atoms with Crippen LogP contribution < -0.4 is 10.9 Å². The monoisotopic (exact) mass is 345 g/mol. The summed E-state index contributed by atoms with van der Waals surface area (Å²) in [5, 5.41) is 7.32. The normalized spacial score (nSPS) is 21.4. The highest BCUT2D eigenvalue weighted by molar-refractivity contribution is 9.10. The minimum absolute atomic E-state index is 0.0280. The summed E-state index contributed by atoms with van der Waals surface area (Å²) in [4.78, 5) is 12.1. The van der Waals surface area contributed by atoms with Crippen LogP contribution in [0, 0.1) is 0 Å². The van der Waals surface area contributed by atoms with Gasteiger partial charge in [-0.15, -0.1) is 0 Å². The topological polar surface area (TPSA) is 65.4 Å². The Labute approximate surface area is 126 Å². The Kier molecular flexibility index (Phi) is 4.51.